The summed E-state index contributed by atoms with van der Waals surface area (Å²) < 4.78 is 0. The van der Waals surface area contributed by atoms with E-state index in [1.54, 1.807) is 24.3 Å². The van der Waals surface area contributed by atoms with Crippen molar-refractivity contribution in [2.24, 2.45) is 5.73 Å². The fraction of sp³-hybridized carbons (Fsp3) is 0.192. The van der Waals surface area contributed by atoms with E-state index in [0.29, 0.717) is 22.8 Å². The zero-order valence-corrected chi connectivity index (χ0v) is 19.4. The van der Waals surface area contributed by atoms with Crippen molar-refractivity contribution in [2.45, 2.75) is 25.3 Å². The summed E-state index contributed by atoms with van der Waals surface area (Å²) in [6.07, 6.45) is 0.317. The number of nitrogens with two attached hydrogens (primary N) is 1. The molecule has 0 saturated heterocycles. The third-order valence-electron chi connectivity index (χ3n) is 5.79. The molecule has 2 unspecified atom stereocenters. The summed E-state index contributed by atoms with van der Waals surface area (Å²) in [5.74, 6) is -1.22. The van der Waals surface area contributed by atoms with Crippen LogP contribution in [0.4, 0.5) is 16.2 Å². The monoisotopic (exact) mass is 476 g/mol. The minimum atomic E-state index is -0.892. The number of hydrogen-bond acceptors (Lipinski definition) is 3. The summed E-state index contributed by atoms with van der Waals surface area (Å²) in [4.78, 5) is 39.7. The molecule has 1 aliphatic rings. The molecule has 0 aromatic heterocycles. The molecule has 0 radical (unpaired) electrons. The molecule has 0 fully saturated rings. The number of urea groups is 1. The van der Waals surface area contributed by atoms with E-state index in [0.717, 1.165) is 16.7 Å². The lowest BCUT2D eigenvalue weighted by molar-refractivity contribution is -0.123. The maximum atomic E-state index is 13.6. The highest BCUT2D eigenvalue weighted by molar-refractivity contribution is 6.30. The molecule has 4 N–H and O–H groups in total. The van der Waals surface area contributed by atoms with E-state index in [1.807, 2.05) is 55.5 Å². The number of rotatable bonds is 5. The summed E-state index contributed by atoms with van der Waals surface area (Å²) in [6.45, 7) is 1.69. The van der Waals surface area contributed by atoms with Crippen LogP contribution < -0.4 is 21.3 Å². The van der Waals surface area contributed by atoms with Gasteiger partial charge >= 0.3 is 6.03 Å². The van der Waals surface area contributed by atoms with Crippen LogP contribution in [-0.4, -0.2) is 30.4 Å². The van der Waals surface area contributed by atoms with Crippen LogP contribution in [0.2, 0.25) is 5.02 Å². The minimum absolute atomic E-state index is 0.186. The average Bonchev–Trinajstić information content (AvgIpc) is 2.90. The molecule has 4 amide bonds. The molecule has 1 aliphatic heterocycles. The van der Waals surface area contributed by atoms with Gasteiger partial charge in [0.2, 0.25) is 11.8 Å². The highest BCUT2D eigenvalue weighted by Crippen LogP contribution is 2.39. The van der Waals surface area contributed by atoms with E-state index in [2.05, 4.69) is 10.6 Å². The number of halogens is 1. The van der Waals surface area contributed by atoms with Crippen molar-refractivity contribution in [3.8, 4) is 0 Å². The largest absolute Gasteiger partial charge is 0.368 e. The number of amides is 4. The normalized spacial score (nSPS) is 17.5. The van der Waals surface area contributed by atoms with Gasteiger partial charge in [-0.05, 0) is 48.7 Å². The molecule has 0 saturated carbocycles. The number of fused-ring (bicyclic) bond motifs is 1. The highest BCUT2D eigenvalue weighted by Gasteiger charge is 2.37. The average molecular weight is 477 g/mol. The van der Waals surface area contributed by atoms with Gasteiger partial charge in [0.1, 0.15) is 12.6 Å². The van der Waals surface area contributed by atoms with Gasteiger partial charge in [0.05, 0.1) is 0 Å². The zero-order valence-electron chi connectivity index (χ0n) is 18.6. The number of primary amides is 1. The molecule has 0 spiro atoms. The molecular weight excluding hydrogens is 452 g/mol. The Labute approximate surface area is 202 Å². The number of nitrogens with one attached hydrogen (secondary N) is 2. The van der Waals surface area contributed by atoms with Gasteiger partial charge < -0.3 is 21.3 Å². The lowest BCUT2D eigenvalue weighted by Gasteiger charge is -2.25. The Balaban J connectivity index is 1.72. The van der Waals surface area contributed by atoms with E-state index >= 15 is 0 Å². The maximum Gasteiger partial charge on any atom is 0.319 e. The predicted octanol–water partition coefficient (Wildman–Crippen LogP) is 4.19. The van der Waals surface area contributed by atoms with E-state index in [9.17, 15) is 14.4 Å². The molecule has 174 valence electrons. The zero-order chi connectivity index (χ0) is 24.2. The van der Waals surface area contributed by atoms with Crippen molar-refractivity contribution < 1.29 is 14.4 Å². The van der Waals surface area contributed by atoms with E-state index < -0.39 is 23.9 Å². The molecule has 7 nitrogen and oxygen atoms in total. The van der Waals surface area contributed by atoms with Crippen LogP contribution >= 0.6 is 11.6 Å². The van der Waals surface area contributed by atoms with Gasteiger partial charge in [-0.1, -0.05) is 65.7 Å². The third-order valence-corrected chi connectivity index (χ3v) is 6.02. The quantitative estimate of drug-likeness (QED) is 0.514. The number of anilines is 2. The van der Waals surface area contributed by atoms with Crippen LogP contribution in [-0.2, 0) is 9.59 Å². The lowest BCUT2D eigenvalue weighted by Crippen LogP contribution is -2.51. The molecule has 3 aromatic carbocycles. The van der Waals surface area contributed by atoms with Crippen LogP contribution in [0.15, 0.2) is 72.8 Å². The van der Waals surface area contributed by atoms with E-state index in [-0.39, 0.29) is 12.5 Å². The van der Waals surface area contributed by atoms with Gasteiger partial charge in [0.15, 0.2) is 0 Å². The fourth-order valence-electron chi connectivity index (χ4n) is 4.30. The third kappa shape index (κ3) is 5.21. The van der Waals surface area contributed by atoms with Crippen molar-refractivity contribution in [3.05, 3.63) is 94.5 Å². The molecule has 2 atom stereocenters. The lowest BCUT2D eigenvalue weighted by atomic mass is 9.85. The molecule has 3 aromatic rings. The Bertz CT molecular complexity index is 1230. The van der Waals surface area contributed by atoms with Gasteiger partial charge in [-0.2, -0.15) is 0 Å². The SMILES string of the molecule is Cc1ccc2c(c1)C(c1ccccc1)CC(NC(=O)Nc1cccc(Cl)c1)C(=O)N2CC(N)=O. The maximum absolute atomic E-state index is 13.6. The topological polar surface area (TPSA) is 105 Å². The van der Waals surface area contributed by atoms with Crippen molar-refractivity contribution in [1.82, 2.24) is 5.32 Å². The summed E-state index contributed by atoms with van der Waals surface area (Å²) in [5, 5.41) is 5.98. The summed E-state index contributed by atoms with van der Waals surface area (Å²) in [7, 11) is 0. The highest BCUT2D eigenvalue weighted by atomic mass is 35.5. The van der Waals surface area contributed by atoms with Gasteiger partial charge in [-0.3, -0.25) is 9.59 Å². The van der Waals surface area contributed by atoms with Crippen molar-refractivity contribution in [3.63, 3.8) is 0 Å². The van der Waals surface area contributed by atoms with Crippen LogP contribution in [0.1, 0.15) is 29.0 Å². The number of nitrogens with zero attached hydrogens (tertiary/aromatic N) is 1. The van der Waals surface area contributed by atoms with Crippen molar-refractivity contribution in [2.75, 3.05) is 16.8 Å². The minimum Gasteiger partial charge on any atom is -0.368 e. The Morgan fingerprint density at radius 2 is 1.82 bits per heavy atom. The van der Waals surface area contributed by atoms with E-state index in [4.69, 9.17) is 17.3 Å². The van der Waals surface area contributed by atoms with Gasteiger partial charge in [0, 0.05) is 22.3 Å². The fourth-order valence-corrected chi connectivity index (χ4v) is 4.49. The second-order valence-corrected chi connectivity index (χ2v) is 8.75. The predicted molar refractivity (Wildman–Crippen MR) is 133 cm³/mol. The molecule has 0 bridgehead atoms. The molecule has 1 heterocycles. The first-order valence-corrected chi connectivity index (χ1v) is 11.3. The standard InChI is InChI=1S/C26H25ClN4O3/c1-16-10-11-23-21(12-16)20(17-6-3-2-4-7-17)14-22(25(33)31(23)15-24(28)32)30-26(34)29-19-9-5-8-18(27)13-19/h2-13,20,22H,14-15H2,1H3,(H2,28,32)(H2,29,30,34). The second-order valence-electron chi connectivity index (χ2n) is 8.31. The van der Waals surface area contributed by atoms with Crippen molar-refractivity contribution in [1.29, 1.82) is 0 Å². The number of carbonyl (C=O) groups excluding carboxylic acids is 3. The molecular formula is C26H25ClN4O3. The first-order chi connectivity index (χ1) is 16.3. The van der Waals surface area contributed by atoms with Crippen LogP contribution in [0, 0.1) is 6.92 Å². The van der Waals surface area contributed by atoms with Gasteiger partial charge in [0.25, 0.3) is 0 Å². The Morgan fingerprint density at radius 3 is 2.53 bits per heavy atom. The molecule has 34 heavy (non-hydrogen) atoms. The first-order valence-electron chi connectivity index (χ1n) is 10.9. The Kier molecular flexibility index (Phi) is 6.84. The van der Waals surface area contributed by atoms with Gasteiger partial charge in [-0.15, -0.1) is 0 Å². The van der Waals surface area contributed by atoms with Gasteiger partial charge in [-0.25, -0.2) is 4.79 Å². The Hall–Kier alpha value is -3.84. The number of carbonyl (C=O) groups is 3. The second kappa shape index (κ2) is 9.97. The smallest absolute Gasteiger partial charge is 0.319 e. The summed E-state index contributed by atoms with van der Waals surface area (Å²) >= 11 is 6.01. The number of benzene rings is 3. The van der Waals surface area contributed by atoms with E-state index in [1.165, 1.54) is 4.90 Å². The number of hydrogen-bond donors (Lipinski definition) is 3. The molecule has 8 heteroatoms. The van der Waals surface area contributed by atoms with Crippen LogP contribution in [0.5, 0.6) is 0 Å². The first kappa shape index (κ1) is 23.3. The number of aryl methyl sites for hydroxylation is 1. The summed E-state index contributed by atoms with van der Waals surface area (Å²) in [6, 6.07) is 20.8. The molecule has 4 rings (SSSR count). The molecule has 0 aliphatic carbocycles. The van der Waals surface area contributed by atoms with Crippen LogP contribution in [0.3, 0.4) is 0 Å². The van der Waals surface area contributed by atoms with Crippen molar-refractivity contribution >= 4 is 40.8 Å². The van der Waals surface area contributed by atoms with Crippen LogP contribution in [0.25, 0.3) is 0 Å². The summed E-state index contributed by atoms with van der Waals surface area (Å²) in [5.41, 5.74) is 9.53. The Morgan fingerprint density at radius 1 is 1.06 bits per heavy atom.